The number of alkyl halides is 1. The first-order chi connectivity index (χ1) is 3.55. The standard InChI is InChI=1S/C4H6INO2.ClH/c1-2(7)3(5)4(6)8;/h3H,1H3,(H2,6,8);1H. The van der Waals surface area contributed by atoms with E-state index in [1.807, 2.05) is 0 Å². The number of carbonyl (C=O) groups is 2. The molecule has 0 fully saturated rings. The fourth-order valence-electron chi connectivity index (χ4n) is 0.200. The molecule has 0 aromatic heterocycles. The SMILES string of the molecule is CC(=O)C(I)C(N)=O.Cl. The van der Waals surface area contributed by atoms with Gasteiger partial charge in [-0.05, 0) is 6.92 Å². The van der Waals surface area contributed by atoms with Crippen molar-refractivity contribution in [2.24, 2.45) is 5.73 Å². The fourth-order valence-corrected chi connectivity index (χ4v) is 0.200. The molecular formula is C4H7ClINO2. The predicted octanol–water partition coefficient (Wildman–Crippen LogP) is 0.286. The number of rotatable bonds is 2. The molecule has 0 saturated heterocycles. The van der Waals surface area contributed by atoms with Gasteiger partial charge >= 0.3 is 0 Å². The highest BCUT2D eigenvalue weighted by Gasteiger charge is 2.14. The maximum atomic E-state index is 10.3. The van der Waals surface area contributed by atoms with Crippen LogP contribution in [0.25, 0.3) is 0 Å². The van der Waals surface area contributed by atoms with Crippen molar-refractivity contribution in [3.63, 3.8) is 0 Å². The van der Waals surface area contributed by atoms with Gasteiger partial charge in [-0.15, -0.1) is 12.4 Å². The molecule has 2 N–H and O–H groups in total. The van der Waals surface area contributed by atoms with Gasteiger partial charge in [-0.2, -0.15) is 0 Å². The van der Waals surface area contributed by atoms with Crippen molar-refractivity contribution in [1.29, 1.82) is 0 Å². The number of ketones is 1. The normalized spacial score (nSPS) is 11.3. The number of hydrogen-bond donors (Lipinski definition) is 1. The van der Waals surface area contributed by atoms with Crippen LogP contribution in [0.15, 0.2) is 0 Å². The number of halogens is 2. The topological polar surface area (TPSA) is 60.2 Å². The van der Waals surface area contributed by atoms with Gasteiger partial charge in [-0.25, -0.2) is 0 Å². The Kier molecular flexibility index (Phi) is 6.59. The maximum Gasteiger partial charge on any atom is 0.237 e. The minimum Gasteiger partial charge on any atom is -0.368 e. The second kappa shape index (κ2) is 4.99. The summed E-state index contributed by atoms with van der Waals surface area (Å²) in [5.74, 6) is -0.767. The molecule has 9 heavy (non-hydrogen) atoms. The van der Waals surface area contributed by atoms with E-state index in [0.717, 1.165) is 0 Å². The van der Waals surface area contributed by atoms with Crippen LogP contribution in [-0.2, 0) is 9.59 Å². The number of amides is 1. The molecular weight excluding hydrogens is 256 g/mol. The number of nitrogens with two attached hydrogens (primary N) is 1. The van der Waals surface area contributed by atoms with Gasteiger partial charge in [0.15, 0.2) is 5.78 Å². The van der Waals surface area contributed by atoms with Gasteiger partial charge in [-0.3, -0.25) is 9.59 Å². The molecule has 1 unspecified atom stereocenters. The predicted molar refractivity (Wildman–Crippen MR) is 44.9 cm³/mol. The third-order valence-electron chi connectivity index (χ3n) is 0.607. The van der Waals surface area contributed by atoms with Crippen molar-refractivity contribution in [2.75, 3.05) is 0 Å². The molecule has 3 nitrogen and oxygen atoms in total. The van der Waals surface area contributed by atoms with Crippen LogP contribution in [-0.4, -0.2) is 15.6 Å². The monoisotopic (exact) mass is 263 g/mol. The minimum absolute atomic E-state index is 0. The van der Waals surface area contributed by atoms with Crippen molar-refractivity contribution in [1.82, 2.24) is 0 Å². The zero-order valence-corrected chi connectivity index (χ0v) is 7.73. The van der Waals surface area contributed by atoms with Crippen LogP contribution in [0.5, 0.6) is 0 Å². The summed E-state index contributed by atoms with van der Waals surface area (Å²) in [4.78, 5) is 20.4. The van der Waals surface area contributed by atoms with E-state index in [2.05, 4.69) is 0 Å². The summed E-state index contributed by atoms with van der Waals surface area (Å²) in [6.07, 6.45) is 0. The van der Waals surface area contributed by atoms with Crippen LogP contribution in [0.3, 0.4) is 0 Å². The first-order valence-corrected chi connectivity index (χ1v) is 3.24. The second-order valence-corrected chi connectivity index (χ2v) is 2.62. The van der Waals surface area contributed by atoms with Crippen molar-refractivity contribution in [3.05, 3.63) is 0 Å². The van der Waals surface area contributed by atoms with Crippen molar-refractivity contribution in [3.8, 4) is 0 Å². The molecule has 54 valence electrons. The molecule has 0 rings (SSSR count). The highest BCUT2D eigenvalue weighted by atomic mass is 127. The lowest BCUT2D eigenvalue weighted by Gasteiger charge is -1.95. The zero-order chi connectivity index (χ0) is 6.73. The van der Waals surface area contributed by atoms with Gasteiger partial charge in [0.1, 0.15) is 3.92 Å². The molecule has 1 atom stereocenters. The third kappa shape index (κ3) is 4.65. The van der Waals surface area contributed by atoms with Crippen molar-refractivity contribution < 1.29 is 9.59 Å². The Morgan fingerprint density at radius 2 is 1.89 bits per heavy atom. The molecule has 0 saturated carbocycles. The molecule has 0 spiro atoms. The summed E-state index contributed by atoms with van der Waals surface area (Å²) in [5, 5.41) is 0. The van der Waals surface area contributed by atoms with Crippen LogP contribution in [0, 0.1) is 0 Å². The van der Waals surface area contributed by atoms with Gasteiger partial charge < -0.3 is 5.73 Å². The highest BCUT2D eigenvalue weighted by Crippen LogP contribution is 1.98. The van der Waals surface area contributed by atoms with E-state index in [1.165, 1.54) is 6.92 Å². The lowest BCUT2D eigenvalue weighted by Crippen LogP contribution is -2.28. The molecule has 0 bridgehead atoms. The number of hydrogen-bond acceptors (Lipinski definition) is 2. The highest BCUT2D eigenvalue weighted by molar-refractivity contribution is 14.1. The average molecular weight is 263 g/mol. The minimum atomic E-state index is -0.660. The van der Waals surface area contributed by atoms with Crippen LogP contribution in [0.4, 0.5) is 0 Å². The molecule has 0 aliphatic carbocycles. The fraction of sp³-hybridized carbons (Fsp3) is 0.500. The zero-order valence-electron chi connectivity index (χ0n) is 4.76. The average Bonchev–Trinajstić information content (AvgIpc) is 1.64. The van der Waals surface area contributed by atoms with Crippen molar-refractivity contribution >= 4 is 46.7 Å². The Bertz CT molecular complexity index is 114. The van der Waals surface area contributed by atoms with Crippen LogP contribution < -0.4 is 5.73 Å². The van der Waals surface area contributed by atoms with E-state index in [9.17, 15) is 9.59 Å². The molecule has 0 aliphatic heterocycles. The summed E-state index contributed by atoms with van der Waals surface area (Å²) in [6, 6.07) is 0. The van der Waals surface area contributed by atoms with Crippen LogP contribution >= 0.6 is 35.0 Å². The lowest BCUT2D eigenvalue weighted by atomic mass is 10.3. The van der Waals surface area contributed by atoms with Crippen LogP contribution in [0.2, 0.25) is 0 Å². The first-order valence-electron chi connectivity index (χ1n) is 1.99. The molecule has 0 aliphatic rings. The van der Waals surface area contributed by atoms with E-state index in [0.29, 0.717) is 0 Å². The Balaban J connectivity index is 0. The van der Waals surface area contributed by atoms with Gasteiger partial charge in [0.25, 0.3) is 0 Å². The Morgan fingerprint density at radius 3 is 1.89 bits per heavy atom. The number of carbonyl (C=O) groups excluding carboxylic acids is 2. The Hall–Kier alpha value is 0.160. The van der Waals surface area contributed by atoms with E-state index >= 15 is 0 Å². The summed E-state index contributed by atoms with van der Waals surface area (Å²) in [5.41, 5.74) is 4.77. The second-order valence-electron chi connectivity index (χ2n) is 1.38. The van der Waals surface area contributed by atoms with Gasteiger partial charge in [0.05, 0.1) is 0 Å². The maximum absolute atomic E-state index is 10.3. The van der Waals surface area contributed by atoms with Gasteiger partial charge in [-0.1, -0.05) is 22.6 Å². The Labute approximate surface area is 72.9 Å². The summed E-state index contributed by atoms with van der Waals surface area (Å²) in [6.45, 7) is 1.34. The molecule has 0 radical (unpaired) electrons. The van der Waals surface area contributed by atoms with E-state index in [4.69, 9.17) is 5.73 Å². The number of Topliss-reactive ketones (excluding diaryl/α,β-unsaturated/α-hetero) is 1. The molecule has 5 heteroatoms. The summed E-state index contributed by atoms with van der Waals surface area (Å²) in [7, 11) is 0. The number of primary amides is 1. The molecule has 0 aromatic carbocycles. The largest absolute Gasteiger partial charge is 0.368 e. The van der Waals surface area contributed by atoms with E-state index < -0.39 is 9.83 Å². The quantitative estimate of drug-likeness (QED) is 0.442. The molecule has 0 heterocycles. The smallest absolute Gasteiger partial charge is 0.237 e. The van der Waals surface area contributed by atoms with E-state index in [-0.39, 0.29) is 18.2 Å². The van der Waals surface area contributed by atoms with Gasteiger partial charge in [0.2, 0.25) is 5.91 Å². The Morgan fingerprint density at radius 1 is 1.56 bits per heavy atom. The molecule has 0 aromatic rings. The van der Waals surface area contributed by atoms with E-state index in [1.54, 1.807) is 22.6 Å². The first kappa shape index (κ1) is 11.9. The van der Waals surface area contributed by atoms with Crippen molar-refractivity contribution in [2.45, 2.75) is 10.8 Å². The van der Waals surface area contributed by atoms with Crippen LogP contribution in [0.1, 0.15) is 6.92 Å². The lowest BCUT2D eigenvalue weighted by molar-refractivity contribution is -0.123. The molecule has 1 amide bonds. The van der Waals surface area contributed by atoms with Gasteiger partial charge in [0, 0.05) is 0 Å². The summed E-state index contributed by atoms with van der Waals surface area (Å²) < 4.78 is -0.660. The summed E-state index contributed by atoms with van der Waals surface area (Å²) >= 11 is 1.70. The third-order valence-corrected chi connectivity index (χ3v) is 2.10.